The van der Waals surface area contributed by atoms with Gasteiger partial charge in [0.1, 0.15) is 0 Å². The Bertz CT molecular complexity index is 661. The molecule has 3 N–H and O–H groups in total. The first kappa shape index (κ1) is 25.7. The number of carbonyl (C=O) groups excluding carboxylic acids is 1. The Balaban J connectivity index is 0.00000420. The van der Waals surface area contributed by atoms with E-state index in [0.29, 0.717) is 12.5 Å². The number of amides is 1. The third-order valence-corrected chi connectivity index (χ3v) is 5.20. The molecule has 0 aliphatic carbocycles. The molecule has 0 spiro atoms. The minimum absolute atomic E-state index is 0. The summed E-state index contributed by atoms with van der Waals surface area (Å²) in [4.78, 5) is 16.6. The first-order chi connectivity index (χ1) is 13.4. The molecular weight excluding hydrogens is 479 g/mol. The van der Waals surface area contributed by atoms with Gasteiger partial charge in [-0.25, -0.2) is 0 Å². The van der Waals surface area contributed by atoms with Gasteiger partial charge in [0.15, 0.2) is 5.96 Å². The van der Waals surface area contributed by atoms with Crippen molar-refractivity contribution in [3.8, 4) is 0 Å². The number of guanidine groups is 1. The maximum atomic E-state index is 12.0. The molecule has 164 valence electrons. The average molecular weight is 516 g/mol. The minimum Gasteiger partial charge on any atom is -0.373 e. The van der Waals surface area contributed by atoms with Crippen LogP contribution >= 0.6 is 24.0 Å². The number of aryl methyl sites for hydroxylation is 1. The molecule has 1 amide bonds. The maximum absolute atomic E-state index is 12.0. The Morgan fingerprint density at radius 2 is 1.93 bits per heavy atom. The summed E-state index contributed by atoms with van der Waals surface area (Å²) in [6.45, 7) is 10.7. The Morgan fingerprint density at radius 3 is 2.55 bits per heavy atom. The van der Waals surface area contributed by atoms with Crippen molar-refractivity contribution in [1.29, 1.82) is 0 Å². The molecule has 1 aromatic carbocycles. The Hall–Kier alpha value is -1.35. The number of nitrogens with one attached hydrogen (secondary N) is 3. The molecule has 1 fully saturated rings. The molecule has 1 aliphatic heterocycles. The van der Waals surface area contributed by atoms with Gasteiger partial charge in [0.2, 0.25) is 5.91 Å². The number of aliphatic imine (C=N–C) groups is 1. The number of nitrogens with zero attached hydrogens (tertiary/aromatic N) is 1. The standard InChI is InChI=1S/C22H36N4O2.HI/c1-6-24-21(26-15-22(3,4)20(27)23-5)25-14-18-8-7-13-28-19(18)17-11-9-16(2)10-12-17;/h9-12,18-19H,6-8,13-15H2,1-5H3,(H,23,27)(H2,24,25,26);1H. The van der Waals surface area contributed by atoms with Crippen molar-refractivity contribution in [1.82, 2.24) is 16.0 Å². The number of rotatable bonds is 7. The van der Waals surface area contributed by atoms with Crippen molar-refractivity contribution in [2.75, 3.05) is 33.3 Å². The van der Waals surface area contributed by atoms with Crippen molar-refractivity contribution in [3.05, 3.63) is 35.4 Å². The minimum atomic E-state index is -0.546. The normalized spacial score (nSPS) is 19.8. The fraction of sp³-hybridized carbons (Fsp3) is 0.636. The third-order valence-electron chi connectivity index (χ3n) is 5.20. The summed E-state index contributed by atoms with van der Waals surface area (Å²) >= 11 is 0. The third kappa shape index (κ3) is 7.77. The van der Waals surface area contributed by atoms with Crippen LogP contribution in [0.3, 0.4) is 0 Å². The molecule has 6 nitrogen and oxygen atoms in total. The van der Waals surface area contributed by atoms with E-state index in [1.165, 1.54) is 11.1 Å². The summed E-state index contributed by atoms with van der Waals surface area (Å²) in [5.41, 5.74) is 1.95. The number of hydrogen-bond acceptors (Lipinski definition) is 3. The van der Waals surface area contributed by atoms with E-state index in [1.54, 1.807) is 7.05 Å². The lowest BCUT2D eigenvalue weighted by Gasteiger charge is -2.33. The van der Waals surface area contributed by atoms with Gasteiger partial charge in [0.05, 0.1) is 18.1 Å². The summed E-state index contributed by atoms with van der Waals surface area (Å²) in [7, 11) is 1.66. The zero-order chi connectivity index (χ0) is 20.6. The van der Waals surface area contributed by atoms with E-state index in [0.717, 1.165) is 38.5 Å². The number of halogens is 1. The van der Waals surface area contributed by atoms with Crippen LogP contribution < -0.4 is 16.0 Å². The van der Waals surface area contributed by atoms with E-state index >= 15 is 0 Å². The van der Waals surface area contributed by atoms with Crippen LogP contribution in [0.25, 0.3) is 0 Å². The highest BCUT2D eigenvalue weighted by Crippen LogP contribution is 2.33. The van der Waals surface area contributed by atoms with E-state index in [2.05, 4.69) is 52.1 Å². The van der Waals surface area contributed by atoms with E-state index in [4.69, 9.17) is 4.74 Å². The number of ether oxygens (including phenoxy) is 1. The summed E-state index contributed by atoms with van der Waals surface area (Å²) in [5, 5.41) is 9.45. The number of carbonyl (C=O) groups is 1. The highest BCUT2D eigenvalue weighted by molar-refractivity contribution is 14.0. The second-order valence-corrected chi connectivity index (χ2v) is 8.14. The van der Waals surface area contributed by atoms with E-state index in [9.17, 15) is 4.79 Å². The Morgan fingerprint density at radius 1 is 1.24 bits per heavy atom. The molecule has 1 saturated heterocycles. The molecule has 7 heteroatoms. The van der Waals surface area contributed by atoms with Gasteiger partial charge in [-0.2, -0.15) is 0 Å². The van der Waals surface area contributed by atoms with Crippen LogP contribution in [-0.2, 0) is 9.53 Å². The van der Waals surface area contributed by atoms with E-state index < -0.39 is 5.41 Å². The zero-order valence-electron chi connectivity index (χ0n) is 18.4. The first-order valence-corrected chi connectivity index (χ1v) is 10.3. The van der Waals surface area contributed by atoms with Crippen molar-refractivity contribution >= 4 is 35.8 Å². The van der Waals surface area contributed by atoms with E-state index in [-0.39, 0.29) is 36.0 Å². The van der Waals surface area contributed by atoms with E-state index in [1.807, 2.05) is 20.8 Å². The highest BCUT2D eigenvalue weighted by Gasteiger charge is 2.28. The van der Waals surface area contributed by atoms with Crippen molar-refractivity contribution in [2.24, 2.45) is 16.3 Å². The first-order valence-electron chi connectivity index (χ1n) is 10.3. The molecule has 0 radical (unpaired) electrons. The van der Waals surface area contributed by atoms with Crippen LogP contribution in [0.4, 0.5) is 0 Å². The molecule has 29 heavy (non-hydrogen) atoms. The number of benzene rings is 1. The van der Waals surface area contributed by atoms with Crippen molar-refractivity contribution in [3.63, 3.8) is 0 Å². The maximum Gasteiger partial charge on any atom is 0.227 e. The lowest BCUT2D eigenvalue weighted by molar-refractivity contribution is -0.128. The molecule has 2 unspecified atom stereocenters. The predicted octanol–water partition coefficient (Wildman–Crippen LogP) is 3.41. The molecule has 1 aromatic rings. The van der Waals surface area contributed by atoms with Gasteiger partial charge in [0.25, 0.3) is 0 Å². The van der Waals surface area contributed by atoms with Crippen LogP contribution in [0.1, 0.15) is 50.8 Å². The highest BCUT2D eigenvalue weighted by atomic mass is 127. The van der Waals surface area contributed by atoms with Crippen LogP contribution in [0.5, 0.6) is 0 Å². The zero-order valence-corrected chi connectivity index (χ0v) is 20.7. The fourth-order valence-corrected chi connectivity index (χ4v) is 3.43. The topological polar surface area (TPSA) is 74.8 Å². The van der Waals surface area contributed by atoms with Gasteiger partial charge in [-0.15, -0.1) is 24.0 Å². The number of hydrogen-bond donors (Lipinski definition) is 3. The largest absolute Gasteiger partial charge is 0.373 e. The van der Waals surface area contributed by atoms with Crippen molar-refractivity contribution in [2.45, 2.75) is 46.6 Å². The SMILES string of the molecule is CCNC(=NCC(C)(C)C(=O)NC)NCC1CCCOC1c1ccc(C)cc1.I. The van der Waals surface area contributed by atoms with Gasteiger partial charge in [-0.05, 0) is 46.1 Å². The molecule has 0 saturated carbocycles. The van der Waals surface area contributed by atoms with Crippen LogP contribution in [0, 0.1) is 18.3 Å². The quantitative estimate of drug-likeness (QED) is 0.295. The van der Waals surface area contributed by atoms with Crippen LogP contribution in [0.2, 0.25) is 0 Å². The lowest BCUT2D eigenvalue weighted by Crippen LogP contribution is -2.43. The van der Waals surface area contributed by atoms with Gasteiger partial charge in [-0.1, -0.05) is 29.8 Å². The Labute approximate surface area is 192 Å². The summed E-state index contributed by atoms with van der Waals surface area (Å²) in [6, 6.07) is 8.63. The molecular formula is C22H37IN4O2. The Kier molecular flexibility index (Phi) is 11.0. The smallest absolute Gasteiger partial charge is 0.227 e. The fourth-order valence-electron chi connectivity index (χ4n) is 3.43. The van der Waals surface area contributed by atoms with Gasteiger partial charge in [0, 0.05) is 32.7 Å². The second-order valence-electron chi connectivity index (χ2n) is 8.14. The lowest BCUT2D eigenvalue weighted by atomic mass is 9.89. The van der Waals surface area contributed by atoms with Gasteiger partial charge >= 0.3 is 0 Å². The summed E-state index contributed by atoms with van der Waals surface area (Å²) in [5.74, 6) is 1.12. The average Bonchev–Trinajstić information content (AvgIpc) is 2.70. The van der Waals surface area contributed by atoms with Gasteiger partial charge < -0.3 is 20.7 Å². The molecule has 2 rings (SSSR count). The van der Waals surface area contributed by atoms with Crippen molar-refractivity contribution < 1.29 is 9.53 Å². The van der Waals surface area contributed by atoms with Crippen LogP contribution in [0.15, 0.2) is 29.3 Å². The predicted molar refractivity (Wildman–Crippen MR) is 130 cm³/mol. The summed E-state index contributed by atoms with van der Waals surface area (Å²) < 4.78 is 6.12. The monoisotopic (exact) mass is 516 g/mol. The van der Waals surface area contributed by atoms with Gasteiger partial charge in [-0.3, -0.25) is 9.79 Å². The van der Waals surface area contributed by atoms with Crippen LogP contribution in [-0.4, -0.2) is 45.2 Å². The molecule has 1 heterocycles. The second kappa shape index (κ2) is 12.4. The molecule has 2 atom stereocenters. The molecule has 0 aromatic heterocycles. The molecule has 0 bridgehead atoms. The molecule has 1 aliphatic rings. The summed E-state index contributed by atoms with van der Waals surface area (Å²) in [6.07, 6.45) is 2.30.